The SMILES string of the molecule is CN1C(Oc2ccccn2)c2cc(C#N)ccc2OC1(C)C. The maximum atomic E-state index is 9.13. The van der Waals surface area contributed by atoms with Gasteiger partial charge >= 0.3 is 0 Å². The number of aromatic nitrogens is 1. The summed E-state index contributed by atoms with van der Waals surface area (Å²) >= 11 is 0. The van der Waals surface area contributed by atoms with Gasteiger partial charge in [0.05, 0.1) is 17.2 Å². The van der Waals surface area contributed by atoms with Crippen molar-refractivity contribution < 1.29 is 9.47 Å². The molecular weight excluding hydrogens is 278 g/mol. The van der Waals surface area contributed by atoms with E-state index in [1.807, 2.05) is 50.1 Å². The predicted molar refractivity (Wildman–Crippen MR) is 81.2 cm³/mol. The highest BCUT2D eigenvalue weighted by Crippen LogP contribution is 2.41. The van der Waals surface area contributed by atoms with Crippen LogP contribution < -0.4 is 9.47 Å². The van der Waals surface area contributed by atoms with Crippen LogP contribution in [-0.4, -0.2) is 22.7 Å². The first-order chi connectivity index (χ1) is 10.5. The third kappa shape index (κ3) is 2.49. The summed E-state index contributed by atoms with van der Waals surface area (Å²) in [4.78, 5) is 6.19. The molecule has 1 aliphatic heterocycles. The van der Waals surface area contributed by atoms with Crippen LogP contribution in [0.2, 0.25) is 0 Å². The van der Waals surface area contributed by atoms with E-state index in [4.69, 9.17) is 14.7 Å². The quantitative estimate of drug-likeness (QED) is 0.852. The minimum Gasteiger partial charge on any atom is -0.473 e. The average Bonchev–Trinajstić information content (AvgIpc) is 2.52. The summed E-state index contributed by atoms with van der Waals surface area (Å²) in [5, 5.41) is 9.13. The molecule has 1 aromatic carbocycles. The van der Waals surface area contributed by atoms with Gasteiger partial charge in [0, 0.05) is 12.3 Å². The zero-order chi connectivity index (χ0) is 15.7. The van der Waals surface area contributed by atoms with Crippen molar-refractivity contribution in [1.29, 1.82) is 5.26 Å². The van der Waals surface area contributed by atoms with Crippen LogP contribution in [0.4, 0.5) is 0 Å². The minimum absolute atomic E-state index is 0.373. The van der Waals surface area contributed by atoms with Crippen molar-refractivity contribution in [2.45, 2.75) is 25.8 Å². The summed E-state index contributed by atoms with van der Waals surface area (Å²) in [7, 11) is 1.93. The van der Waals surface area contributed by atoms with E-state index in [0.29, 0.717) is 11.4 Å². The van der Waals surface area contributed by atoms with E-state index in [2.05, 4.69) is 11.1 Å². The maximum absolute atomic E-state index is 9.13. The predicted octanol–water partition coefficient (Wildman–Crippen LogP) is 3.09. The standard InChI is InChI=1S/C17H17N3O2/c1-17(2)20(3)16(21-15-6-4-5-9-19-15)13-10-12(11-18)7-8-14(13)22-17/h4-10,16H,1-3H3. The molecule has 0 fully saturated rings. The first-order valence-corrected chi connectivity index (χ1v) is 7.05. The molecule has 1 atom stereocenters. The van der Waals surface area contributed by atoms with Crippen molar-refractivity contribution in [3.63, 3.8) is 0 Å². The van der Waals surface area contributed by atoms with Gasteiger partial charge in [-0.2, -0.15) is 5.26 Å². The highest BCUT2D eigenvalue weighted by Gasteiger charge is 2.40. The summed E-state index contributed by atoms with van der Waals surface area (Å²) in [6.45, 7) is 3.95. The van der Waals surface area contributed by atoms with Crippen LogP contribution in [0.25, 0.3) is 0 Å². The van der Waals surface area contributed by atoms with Gasteiger partial charge in [-0.25, -0.2) is 9.88 Å². The Morgan fingerprint density at radius 3 is 2.82 bits per heavy atom. The number of nitrogens with zero attached hydrogens (tertiary/aromatic N) is 3. The fourth-order valence-corrected chi connectivity index (χ4v) is 2.41. The highest BCUT2D eigenvalue weighted by atomic mass is 16.6. The Kier molecular flexibility index (Phi) is 3.47. The van der Waals surface area contributed by atoms with Crippen molar-refractivity contribution in [1.82, 2.24) is 9.88 Å². The lowest BCUT2D eigenvalue weighted by atomic mass is 10.0. The summed E-state index contributed by atoms with van der Waals surface area (Å²) < 4.78 is 12.1. The van der Waals surface area contributed by atoms with Crippen molar-refractivity contribution in [3.8, 4) is 17.7 Å². The van der Waals surface area contributed by atoms with Gasteiger partial charge in [0.15, 0.2) is 12.0 Å². The largest absolute Gasteiger partial charge is 0.473 e. The number of rotatable bonds is 2. The molecule has 2 heterocycles. The molecule has 0 amide bonds. The fraction of sp³-hybridized carbons (Fsp3) is 0.294. The Morgan fingerprint density at radius 2 is 2.14 bits per heavy atom. The fourth-order valence-electron chi connectivity index (χ4n) is 2.41. The topological polar surface area (TPSA) is 58.4 Å². The summed E-state index contributed by atoms with van der Waals surface area (Å²) in [5.74, 6) is 1.26. The number of ether oxygens (including phenoxy) is 2. The van der Waals surface area contributed by atoms with Gasteiger partial charge in [-0.1, -0.05) is 6.07 Å². The Bertz CT molecular complexity index is 722. The van der Waals surface area contributed by atoms with E-state index in [0.717, 1.165) is 11.3 Å². The molecule has 1 aliphatic rings. The van der Waals surface area contributed by atoms with E-state index in [-0.39, 0.29) is 6.23 Å². The third-order valence-corrected chi connectivity index (χ3v) is 3.84. The monoisotopic (exact) mass is 295 g/mol. The Hall–Kier alpha value is -2.58. The molecule has 0 bridgehead atoms. The van der Waals surface area contributed by atoms with E-state index in [9.17, 15) is 0 Å². The minimum atomic E-state index is -0.527. The molecule has 3 rings (SSSR count). The molecule has 0 aliphatic carbocycles. The zero-order valence-corrected chi connectivity index (χ0v) is 12.8. The van der Waals surface area contributed by atoms with Gasteiger partial charge in [0.25, 0.3) is 0 Å². The van der Waals surface area contributed by atoms with E-state index in [1.165, 1.54) is 0 Å². The van der Waals surface area contributed by atoms with Crippen LogP contribution in [0.3, 0.4) is 0 Å². The summed E-state index contributed by atoms with van der Waals surface area (Å²) in [6, 6.07) is 13.0. The molecule has 0 saturated heterocycles. The van der Waals surface area contributed by atoms with Crippen molar-refractivity contribution in [2.75, 3.05) is 7.05 Å². The molecule has 1 aromatic heterocycles. The number of fused-ring (bicyclic) bond motifs is 1. The number of hydrogen-bond acceptors (Lipinski definition) is 5. The molecule has 5 heteroatoms. The second-order valence-corrected chi connectivity index (χ2v) is 5.66. The van der Waals surface area contributed by atoms with Gasteiger partial charge < -0.3 is 9.47 Å². The van der Waals surface area contributed by atoms with Crippen molar-refractivity contribution in [2.24, 2.45) is 0 Å². The zero-order valence-electron chi connectivity index (χ0n) is 12.8. The lowest BCUT2D eigenvalue weighted by molar-refractivity contribution is -0.139. The van der Waals surface area contributed by atoms with Crippen LogP contribution >= 0.6 is 0 Å². The van der Waals surface area contributed by atoms with E-state index in [1.54, 1.807) is 18.3 Å². The molecule has 0 N–H and O–H groups in total. The molecule has 0 saturated carbocycles. The number of pyridine rings is 1. The third-order valence-electron chi connectivity index (χ3n) is 3.84. The molecular formula is C17H17N3O2. The Morgan fingerprint density at radius 1 is 1.32 bits per heavy atom. The number of nitriles is 1. The van der Waals surface area contributed by atoms with Gasteiger partial charge in [-0.05, 0) is 45.2 Å². The first kappa shape index (κ1) is 14.4. The maximum Gasteiger partial charge on any atom is 0.215 e. The van der Waals surface area contributed by atoms with Crippen LogP contribution in [0.15, 0.2) is 42.6 Å². The number of hydrogen-bond donors (Lipinski definition) is 0. The Labute approximate surface area is 129 Å². The molecule has 0 spiro atoms. The van der Waals surface area contributed by atoms with Crippen molar-refractivity contribution >= 4 is 0 Å². The van der Waals surface area contributed by atoms with Gasteiger partial charge in [0.2, 0.25) is 5.88 Å². The molecule has 1 unspecified atom stereocenters. The molecule has 2 aromatic rings. The Balaban J connectivity index is 2.05. The molecule has 5 nitrogen and oxygen atoms in total. The second-order valence-electron chi connectivity index (χ2n) is 5.66. The molecule has 0 radical (unpaired) electrons. The molecule has 22 heavy (non-hydrogen) atoms. The normalized spacial score (nSPS) is 19.6. The van der Waals surface area contributed by atoms with Gasteiger partial charge in [-0.3, -0.25) is 0 Å². The lowest BCUT2D eigenvalue weighted by Gasteiger charge is -2.45. The molecule has 112 valence electrons. The van der Waals surface area contributed by atoms with Crippen molar-refractivity contribution in [3.05, 3.63) is 53.7 Å². The van der Waals surface area contributed by atoms with Gasteiger partial charge in [-0.15, -0.1) is 0 Å². The van der Waals surface area contributed by atoms with Crippen LogP contribution in [0, 0.1) is 11.3 Å². The van der Waals surface area contributed by atoms with Crippen LogP contribution in [-0.2, 0) is 0 Å². The smallest absolute Gasteiger partial charge is 0.215 e. The summed E-state index contributed by atoms with van der Waals surface area (Å²) in [5.41, 5.74) is 0.872. The first-order valence-electron chi connectivity index (χ1n) is 7.05. The van der Waals surface area contributed by atoms with Gasteiger partial charge in [0.1, 0.15) is 5.75 Å². The van der Waals surface area contributed by atoms with Crippen LogP contribution in [0.5, 0.6) is 11.6 Å². The number of benzene rings is 1. The average molecular weight is 295 g/mol. The highest BCUT2D eigenvalue weighted by molar-refractivity contribution is 5.45. The van der Waals surface area contributed by atoms with E-state index >= 15 is 0 Å². The van der Waals surface area contributed by atoms with E-state index < -0.39 is 5.72 Å². The van der Waals surface area contributed by atoms with Crippen LogP contribution in [0.1, 0.15) is 31.2 Å². The second kappa shape index (κ2) is 5.32. The lowest BCUT2D eigenvalue weighted by Crippen LogP contribution is -2.52. The summed E-state index contributed by atoms with van der Waals surface area (Å²) in [6.07, 6.45) is 1.31.